The van der Waals surface area contributed by atoms with Crippen molar-refractivity contribution in [1.82, 2.24) is 24.3 Å². The second kappa shape index (κ2) is 6.85. The molecule has 1 aliphatic carbocycles. The van der Waals surface area contributed by atoms with Crippen LogP contribution >= 0.6 is 0 Å². The summed E-state index contributed by atoms with van der Waals surface area (Å²) in [4.78, 5) is 21.3. The number of piperazine rings is 1. The first-order chi connectivity index (χ1) is 14.0. The van der Waals surface area contributed by atoms with E-state index in [9.17, 15) is 13.2 Å². The number of hydrogen-bond acceptors (Lipinski definition) is 6. The molecule has 1 aliphatic heterocycles. The minimum atomic E-state index is -4.48. The van der Waals surface area contributed by atoms with E-state index < -0.39 is 11.9 Å². The third-order valence-electron chi connectivity index (χ3n) is 5.63. The molecule has 1 fully saturated rings. The summed E-state index contributed by atoms with van der Waals surface area (Å²) in [6.45, 7) is 2.72. The number of nitrogens with zero attached hydrogens (tertiary/aromatic N) is 7. The van der Waals surface area contributed by atoms with Crippen LogP contribution in [0.5, 0.6) is 0 Å². The summed E-state index contributed by atoms with van der Waals surface area (Å²) in [5, 5.41) is 0. The number of aromatic nitrogens is 5. The molecule has 0 saturated carbocycles. The lowest BCUT2D eigenvalue weighted by Gasteiger charge is -2.37. The lowest BCUT2D eigenvalue weighted by Crippen LogP contribution is -2.47. The second-order valence-electron chi connectivity index (χ2n) is 7.41. The number of anilines is 2. The Hall–Kier alpha value is -2.91. The van der Waals surface area contributed by atoms with E-state index in [1.807, 2.05) is 4.90 Å². The summed E-state index contributed by atoms with van der Waals surface area (Å²) in [5.41, 5.74) is 1.72. The van der Waals surface area contributed by atoms with Crippen LogP contribution in [0.1, 0.15) is 29.8 Å². The Balaban J connectivity index is 1.38. The highest BCUT2D eigenvalue weighted by Gasteiger charge is 2.35. The molecule has 0 N–H and O–H groups in total. The Morgan fingerprint density at radius 3 is 2.34 bits per heavy atom. The van der Waals surface area contributed by atoms with Gasteiger partial charge in [0.05, 0.1) is 0 Å². The molecule has 0 aromatic carbocycles. The molecule has 2 aliphatic rings. The summed E-state index contributed by atoms with van der Waals surface area (Å²) in [6.07, 6.45) is 5.48. The van der Waals surface area contributed by atoms with Crippen molar-refractivity contribution in [2.45, 2.75) is 31.9 Å². The largest absolute Gasteiger partial charge is 0.434 e. The predicted molar refractivity (Wildman–Crippen MR) is 101 cm³/mol. The molecule has 3 aromatic rings. The second-order valence-corrected chi connectivity index (χ2v) is 7.41. The number of alkyl halides is 3. The fraction of sp³-hybridized carbons (Fsp3) is 0.474. The minimum absolute atomic E-state index is 0.229. The average Bonchev–Trinajstić information content (AvgIpc) is 3.19. The molecule has 3 aromatic heterocycles. The van der Waals surface area contributed by atoms with E-state index in [1.165, 1.54) is 22.4 Å². The molecule has 0 bridgehead atoms. The molecule has 10 heteroatoms. The average molecular weight is 403 g/mol. The number of rotatable bonds is 2. The molecule has 0 radical (unpaired) electrons. The van der Waals surface area contributed by atoms with Crippen molar-refractivity contribution in [3.63, 3.8) is 0 Å². The molecule has 0 unspecified atom stereocenters. The molecular formula is C19H20F3N7. The highest BCUT2D eigenvalue weighted by molar-refractivity contribution is 5.65. The van der Waals surface area contributed by atoms with E-state index in [0.29, 0.717) is 18.9 Å². The molecule has 1 saturated heterocycles. The first-order valence-electron chi connectivity index (χ1n) is 9.74. The van der Waals surface area contributed by atoms with Gasteiger partial charge in [0.15, 0.2) is 17.2 Å². The van der Waals surface area contributed by atoms with Gasteiger partial charge in [-0.1, -0.05) is 0 Å². The number of halogens is 3. The molecular weight excluding hydrogens is 383 g/mol. The smallest absolute Gasteiger partial charge is 0.353 e. The SMILES string of the molecule is FC(F)(F)c1cn2ccnc(N3CCN(c4ncnc5c4CCCC5)CC3)c2n1. The van der Waals surface area contributed by atoms with Crippen molar-refractivity contribution in [3.8, 4) is 0 Å². The topological polar surface area (TPSA) is 62.5 Å². The molecule has 7 nitrogen and oxygen atoms in total. The normalized spacial score (nSPS) is 17.6. The molecule has 152 valence electrons. The predicted octanol–water partition coefficient (Wildman–Crippen LogP) is 2.74. The summed E-state index contributed by atoms with van der Waals surface area (Å²) < 4.78 is 40.5. The zero-order chi connectivity index (χ0) is 20.0. The quantitative estimate of drug-likeness (QED) is 0.656. The Bertz CT molecular complexity index is 1040. The lowest BCUT2D eigenvalue weighted by molar-refractivity contribution is -0.140. The van der Waals surface area contributed by atoms with Gasteiger partial charge < -0.3 is 14.2 Å². The maximum absolute atomic E-state index is 13.0. The van der Waals surface area contributed by atoms with Gasteiger partial charge in [0.1, 0.15) is 12.1 Å². The maximum atomic E-state index is 13.0. The Morgan fingerprint density at radius 1 is 0.862 bits per heavy atom. The van der Waals surface area contributed by atoms with E-state index in [-0.39, 0.29) is 5.65 Å². The van der Waals surface area contributed by atoms with Gasteiger partial charge in [-0.05, 0) is 25.7 Å². The number of imidazole rings is 1. The van der Waals surface area contributed by atoms with Crippen LogP contribution in [-0.4, -0.2) is 50.5 Å². The number of fused-ring (bicyclic) bond motifs is 2. The van der Waals surface area contributed by atoms with Crippen molar-refractivity contribution >= 4 is 17.3 Å². The van der Waals surface area contributed by atoms with Gasteiger partial charge >= 0.3 is 6.18 Å². The van der Waals surface area contributed by atoms with Gasteiger partial charge in [-0.25, -0.2) is 19.9 Å². The highest BCUT2D eigenvalue weighted by Crippen LogP contribution is 2.31. The zero-order valence-corrected chi connectivity index (χ0v) is 15.7. The third kappa shape index (κ3) is 3.26. The molecule has 0 spiro atoms. The summed E-state index contributed by atoms with van der Waals surface area (Å²) in [7, 11) is 0. The van der Waals surface area contributed by atoms with E-state index in [1.54, 1.807) is 6.33 Å². The van der Waals surface area contributed by atoms with E-state index in [4.69, 9.17) is 0 Å². The Morgan fingerprint density at radius 2 is 1.59 bits per heavy atom. The summed E-state index contributed by atoms with van der Waals surface area (Å²) in [6, 6.07) is 0. The van der Waals surface area contributed by atoms with Crippen LogP contribution in [0.2, 0.25) is 0 Å². The van der Waals surface area contributed by atoms with Crippen molar-refractivity contribution in [2.24, 2.45) is 0 Å². The fourth-order valence-corrected chi connectivity index (χ4v) is 4.17. The van der Waals surface area contributed by atoms with Crippen molar-refractivity contribution in [2.75, 3.05) is 36.0 Å². The van der Waals surface area contributed by atoms with E-state index in [2.05, 4.69) is 24.8 Å². The van der Waals surface area contributed by atoms with Crippen molar-refractivity contribution in [3.05, 3.63) is 41.9 Å². The third-order valence-corrected chi connectivity index (χ3v) is 5.63. The van der Waals surface area contributed by atoms with Crippen LogP contribution in [-0.2, 0) is 19.0 Å². The fourth-order valence-electron chi connectivity index (χ4n) is 4.17. The Labute approximate surface area is 165 Å². The van der Waals surface area contributed by atoms with Crippen molar-refractivity contribution in [1.29, 1.82) is 0 Å². The molecule has 4 heterocycles. The van der Waals surface area contributed by atoms with E-state index >= 15 is 0 Å². The molecule has 5 rings (SSSR count). The Kier molecular flexibility index (Phi) is 4.29. The standard InChI is InChI=1S/C19H20F3N7/c20-19(21,22)15-11-29-6-5-23-17(18(29)26-15)28-9-7-27(8-10-28)16-13-3-1-2-4-14(13)24-12-25-16/h5-6,11-12H,1-4,7-10H2. The van der Waals surface area contributed by atoms with Gasteiger partial charge in [-0.15, -0.1) is 0 Å². The van der Waals surface area contributed by atoms with Crippen LogP contribution in [0.15, 0.2) is 24.9 Å². The maximum Gasteiger partial charge on any atom is 0.434 e. The van der Waals surface area contributed by atoms with Crippen molar-refractivity contribution < 1.29 is 13.2 Å². The summed E-state index contributed by atoms with van der Waals surface area (Å²) >= 11 is 0. The molecule has 0 amide bonds. The van der Waals surface area contributed by atoms with Gasteiger partial charge in [0.2, 0.25) is 0 Å². The van der Waals surface area contributed by atoms with E-state index in [0.717, 1.165) is 56.5 Å². The highest BCUT2D eigenvalue weighted by atomic mass is 19.4. The summed E-state index contributed by atoms with van der Waals surface area (Å²) in [5.74, 6) is 1.48. The molecule has 0 atom stereocenters. The molecule has 29 heavy (non-hydrogen) atoms. The van der Waals surface area contributed by atoms with Crippen LogP contribution in [0, 0.1) is 0 Å². The van der Waals surface area contributed by atoms with Gasteiger partial charge in [-0.2, -0.15) is 13.2 Å². The van der Waals surface area contributed by atoms with Gasteiger partial charge in [0, 0.05) is 56.0 Å². The monoisotopic (exact) mass is 403 g/mol. The number of hydrogen-bond donors (Lipinski definition) is 0. The first kappa shape index (κ1) is 18.1. The van der Waals surface area contributed by atoms with Gasteiger partial charge in [-0.3, -0.25) is 0 Å². The van der Waals surface area contributed by atoms with Crippen LogP contribution in [0.25, 0.3) is 5.65 Å². The lowest BCUT2D eigenvalue weighted by atomic mass is 9.96. The number of aryl methyl sites for hydroxylation is 1. The minimum Gasteiger partial charge on any atom is -0.353 e. The van der Waals surface area contributed by atoms with Gasteiger partial charge in [0.25, 0.3) is 0 Å². The first-order valence-corrected chi connectivity index (χ1v) is 9.74. The van der Waals surface area contributed by atoms with Crippen LogP contribution < -0.4 is 9.80 Å². The van der Waals surface area contributed by atoms with Crippen LogP contribution in [0.3, 0.4) is 0 Å². The zero-order valence-electron chi connectivity index (χ0n) is 15.7. The van der Waals surface area contributed by atoms with Crippen LogP contribution in [0.4, 0.5) is 24.8 Å².